The van der Waals surface area contributed by atoms with Gasteiger partial charge in [-0.2, -0.15) is 0 Å². The summed E-state index contributed by atoms with van der Waals surface area (Å²) in [5.41, 5.74) is 1.79. The smallest absolute Gasteiger partial charge is 0.303 e. The van der Waals surface area contributed by atoms with Gasteiger partial charge in [0.15, 0.2) is 6.10 Å². The lowest BCUT2D eigenvalue weighted by atomic mass is 9.78. The maximum Gasteiger partial charge on any atom is 0.303 e. The first-order valence-electron chi connectivity index (χ1n) is 11.6. The second kappa shape index (κ2) is 13.5. The molecule has 0 radical (unpaired) electrons. The van der Waals surface area contributed by atoms with Gasteiger partial charge >= 0.3 is 17.9 Å². The van der Waals surface area contributed by atoms with E-state index in [1.807, 2.05) is 48.5 Å². The first-order chi connectivity index (χ1) is 17.0. The summed E-state index contributed by atoms with van der Waals surface area (Å²) in [6.07, 6.45) is -1.61. The standard InChI is InChI=1S/C27H34O9/c1-18(28)32-14-23(31)15-34-24-10-6-21(7-11-24)27(4,5)22-8-12-25(13-9-22)35-17-26(36-20(3)30)16-33-19(2)29/h6-13,23,26,31H,14-17H2,1-5H3. The molecular weight excluding hydrogens is 468 g/mol. The maximum atomic E-state index is 11.3. The van der Waals surface area contributed by atoms with Crippen LogP contribution in [0.25, 0.3) is 0 Å². The zero-order chi connectivity index (χ0) is 26.7. The number of benzene rings is 2. The van der Waals surface area contributed by atoms with Gasteiger partial charge in [-0.3, -0.25) is 14.4 Å². The third-order valence-corrected chi connectivity index (χ3v) is 5.31. The molecule has 0 amide bonds. The Morgan fingerprint density at radius 1 is 0.694 bits per heavy atom. The van der Waals surface area contributed by atoms with Crippen molar-refractivity contribution in [3.8, 4) is 11.5 Å². The maximum absolute atomic E-state index is 11.3. The van der Waals surface area contributed by atoms with Gasteiger partial charge in [0.1, 0.15) is 44.0 Å². The van der Waals surface area contributed by atoms with Crippen molar-refractivity contribution in [1.29, 1.82) is 0 Å². The Morgan fingerprint density at radius 3 is 1.58 bits per heavy atom. The SMILES string of the molecule is CC(=O)OCC(O)COc1ccc(C(C)(C)c2ccc(OCC(COC(C)=O)OC(C)=O)cc2)cc1. The van der Waals surface area contributed by atoms with Crippen LogP contribution in [-0.4, -0.2) is 61.6 Å². The minimum atomic E-state index is -0.906. The van der Waals surface area contributed by atoms with Gasteiger partial charge < -0.3 is 28.8 Å². The van der Waals surface area contributed by atoms with E-state index in [1.54, 1.807) is 0 Å². The predicted octanol–water partition coefficient (Wildman–Crippen LogP) is 3.19. The number of hydrogen-bond donors (Lipinski definition) is 1. The van der Waals surface area contributed by atoms with Gasteiger partial charge in [-0.05, 0) is 35.4 Å². The summed E-state index contributed by atoms with van der Waals surface area (Å²) in [6, 6.07) is 15.1. The lowest BCUT2D eigenvalue weighted by molar-refractivity contribution is -0.158. The van der Waals surface area contributed by atoms with Gasteiger partial charge in [0, 0.05) is 26.2 Å². The van der Waals surface area contributed by atoms with Gasteiger partial charge in [-0.1, -0.05) is 38.1 Å². The Bertz CT molecular complexity index is 997. The van der Waals surface area contributed by atoms with E-state index in [-0.39, 0.29) is 31.8 Å². The number of rotatable bonds is 13. The van der Waals surface area contributed by atoms with Crippen LogP contribution in [0.3, 0.4) is 0 Å². The number of carbonyl (C=O) groups excluding carboxylic acids is 3. The molecule has 2 atom stereocenters. The van der Waals surface area contributed by atoms with Crippen molar-refractivity contribution in [3.63, 3.8) is 0 Å². The van der Waals surface area contributed by atoms with Crippen molar-refractivity contribution < 1.29 is 43.2 Å². The van der Waals surface area contributed by atoms with E-state index in [4.69, 9.17) is 23.7 Å². The molecule has 0 fully saturated rings. The van der Waals surface area contributed by atoms with Crippen LogP contribution in [0.4, 0.5) is 0 Å². The van der Waals surface area contributed by atoms with Crippen LogP contribution >= 0.6 is 0 Å². The molecule has 0 aliphatic rings. The molecule has 0 aliphatic carbocycles. The minimum Gasteiger partial charge on any atom is -0.491 e. The van der Waals surface area contributed by atoms with E-state index in [1.165, 1.54) is 20.8 Å². The number of esters is 3. The summed E-state index contributed by atoms with van der Waals surface area (Å²) in [7, 11) is 0. The molecule has 0 bridgehead atoms. The number of ether oxygens (including phenoxy) is 5. The van der Waals surface area contributed by atoms with E-state index >= 15 is 0 Å². The lowest BCUT2D eigenvalue weighted by Crippen LogP contribution is -2.29. The van der Waals surface area contributed by atoms with Crippen molar-refractivity contribution in [1.82, 2.24) is 0 Å². The molecule has 1 N–H and O–H groups in total. The van der Waals surface area contributed by atoms with Crippen LogP contribution in [0, 0.1) is 0 Å². The minimum absolute atomic E-state index is 0.0106. The fourth-order valence-corrected chi connectivity index (χ4v) is 3.31. The highest BCUT2D eigenvalue weighted by atomic mass is 16.6. The molecule has 0 spiro atoms. The number of aliphatic hydroxyl groups excluding tert-OH is 1. The average Bonchev–Trinajstić information content (AvgIpc) is 2.83. The Balaban J connectivity index is 1.96. The van der Waals surface area contributed by atoms with Gasteiger partial charge in [-0.15, -0.1) is 0 Å². The summed E-state index contributed by atoms with van der Waals surface area (Å²) in [4.78, 5) is 33.1. The first kappa shape index (κ1) is 28.6. The van der Waals surface area contributed by atoms with Crippen LogP contribution in [0.1, 0.15) is 45.7 Å². The molecule has 9 heteroatoms. The molecular formula is C27H34O9. The highest BCUT2D eigenvalue weighted by Gasteiger charge is 2.23. The predicted molar refractivity (Wildman–Crippen MR) is 131 cm³/mol. The molecule has 0 aliphatic heterocycles. The Morgan fingerprint density at radius 2 is 1.14 bits per heavy atom. The van der Waals surface area contributed by atoms with Crippen LogP contribution < -0.4 is 9.47 Å². The molecule has 0 saturated carbocycles. The molecule has 0 aromatic heterocycles. The molecule has 2 rings (SSSR count). The zero-order valence-corrected chi connectivity index (χ0v) is 21.3. The second-order valence-electron chi connectivity index (χ2n) is 8.79. The van der Waals surface area contributed by atoms with Crippen molar-refractivity contribution in [3.05, 3.63) is 59.7 Å². The van der Waals surface area contributed by atoms with E-state index in [9.17, 15) is 19.5 Å². The van der Waals surface area contributed by atoms with Crippen molar-refractivity contribution in [2.75, 3.05) is 26.4 Å². The summed E-state index contributed by atoms with van der Waals surface area (Å²) in [6.45, 7) is 7.90. The quantitative estimate of drug-likeness (QED) is 0.325. The monoisotopic (exact) mass is 502 g/mol. The summed E-state index contributed by atoms with van der Waals surface area (Å²) in [5.74, 6) is -0.217. The van der Waals surface area contributed by atoms with Gasteiger partial charge in [0.05, 0.1) is 0 Å². The molecule has 0 heterocycles. The topological polar surface area (TPSA) is 118 Å². The van der Waals surface area contributed by atoms with Crippen molar-refractivity contribution in [2.24, 2.45) is 0 Å². The van der Waals surface area contributed by atoms with E-state index in [2.05, 4.69) is 13.8 Å². The van der Waals surface area contributed by atoms with Crippen LogP contribution in [-0.2, 0) is 34.0 Å². The van der Waals surface area contributed by atoms with E-state index < -0.39 is 30.1 Å². The molecule has 196 valence electrons. The van der Waals surface area contributed by atoms with Gasteiger partial charge in [0.2, 0.25) is 0 Å². The Kier molecular flexibility index (Phi) is 10.7. The fraction of sp³-hybridized carbons (Fsp3) is 0.444. The van der Waals surface area contributed by atoms with E-state index in [0.717, 1.165) is 11.1 Å². The van der Waals surface area contributed by atoms with Gasteiger partial charge in [0.25, 0.3) is 0 Å². The number of hydrogen-bond acceptors (Lipinski definition) is 9. The van der Waals surface area contributed by atoms with Crippen LogP contribution in [0.15, 0.2) is 48.5 Å². The largest absolute Gasteiger partial charge is 0.491 e. The fourth-order valence-electron chi connectivity index (χ4n) is 3.31. The van der Waals surface area contributed by atoms with Crippen molar-refractivity contribution in [2.45, 2.75) is 52.2 Å². The lowest BCUT2D eigenvalue weighted by Gasteiger charge is -2.26. The highest BCUT2D eigenvalue weighted by molar-refractivity contribution is 5.67. The van der Waals surface area contributed by atoms with Crippen LogP contribution in [0.2, 0.25) is 0 Å². The van der Waals surface area contributed by atoms with Crippen molar-refractivity contribution >= 4 is 17.9 Å². The molecule has 36 heavy (non-hydrogen) atoms. The molecule has 2 aromatic rings. The second-order valence-corrected chi connectivity index (χ2v) is 8.79. The highest BCUT2D eigenvalue weighted by Crippen LogP contribution is 2.33. The first-order valence-corrected chi connectivity index (χ1v) is 11.6. The van der Waals surface area contributed by atoms with Gasteiger partial charge in [-0.25, -0.2) is 0 Å². The summed E-state index contributed by atoms with van der Waals surface area (Å²) >= 11 is 0. The number of carbonyl (C=O) groups is 3. The normalized spacial score (nSPS) is 12.7. The third kappa shape index (κ3) is 9.58. The summed E-state index contributed by atoms with van der Waals surface area (Å²) in [5, 5.41) is 9.82. The molecule has 9 nitrogen and oxygen atoms in total. The van der Waals surface area contributed by atoms with Crippen LogP contribution in [0.5, 0.6) is 11.5 Å². The molecule has 0 saturated heterocycles. The average molecular weight is 503 g/mol. The Hall–Kier alpha value is -3.59. The zero-order valence-electron chi connectivity index (χ0n) is 21.3. The molecule has 2 aromatic carbocycles. The Labute approximate surface area is 211 Å². The number of aliphatic hydroxyl groups is 1. The third-order valence-electron chi connectivity index (χ3n) is 5.31. The molecule has 2 unspecified atom stereocenters. The van der Waals surface area contributed by atoms with E-state index in [0.29, 0.717) is 11.5 Å². The summed E-state index contributed by atoms with van der Waals surface area (Å²) < 4.78 is 26.1.